The molecule has 0 aromatic heterocycles. The van der Waals surface area contributed by atoms with Crippen molar-refractivity contribution in [3.8, 4) is 0 Å². The predicted molar refractivity (Wildman–Crippen MR) is 76.8 cm³/mol. The lowest BCUT2D eigenvalue weighted by molar-refractivity contribution is -0.165. The van der Waals surface area contributed by atoms with E-state index < -0.39 is 35.8 Å². The van der Waals surface area contributed by atoms with Gasteiger partial charge in [0.1, 0.15) is 0 Å². The van der Waals surface area contributed by atoms with Crippen molar-refractivity contribution < 1.29 is 32.6 Å². The van der Waals surface area contributed by atoms with Crippen LogP contribution in [0.25, 0.3) is 5.57 Å². The molecule has 1 aromatic rings. The highest BCUT2D eigenvalue weighted by molar-refractivity contribution is 5.81. The van der Waals surface area contributed by atoms with E-state index in [1.54, 1.807) is 12.1 Å². The van der Waals surface area contributed by atoms with Crippen LogP contribution in [0.4, 0.5) is 18.0 Å². The van der Waals surface area contributed by atoms with E-state index in [9.17, 15) is 22.8 Å². The molecular formula is C16H14F3NO4. The number of fused-ring (bicyclic) bond motifs is 1. The van der Waals surface area contributed by atoms with Crippen LogP contribution in [0.1, 0.15) is 24.0 Å². The quantitative estimate of drug-likeness (QED) is 0.796. The molecule has 5 nitrogen and oxygen atoms in total. The van der Waals surface area contributed by atoms with Crippen LogP contribution < -0.4 is 0 Å². The van der Waals surface area contributed by atoms with Crippen molar-refractivity contribution in [3.63, 3.8) is 0 Å². The average Bonchev–Trinajstić information content (AvgIpc) is 2.54. The number of esters is 1. The lowest BCUT2D eigenvalue weighted by atomic mass is 9.80. The summed E-state index contributed by atoms with van der Waals surface area (Å²) in [6.45, 7) is -0.317. The molecule has 2 aliphatic rings. The van der Waals surface area contributed by atoms with Gasteiger partial charge in [0.15, 0.2) is 6.73 Å². The number of carbonyl (C=O) groups excluding carboxylic acids is 1. The summed E-state index contributed by atoms with van der Waals surface area (Å²) in [6.07, 6.45) is -3.52. The van der Waals surface area contributed by atoms with Gasteiger partial charge in [0, 0.05) is 0 Å². The first-order valence-electron chi connectivity index (χ1n) is 7.30. The number of ether oxygens (including phenoxy) is 1. The van der Waals surface area contributed by atoms with Crippen LogP contribution >= 0.6 is 0 Å². The number of hydrogen-bond acceptors (Lipinski definition) is 3. The van der Waals surface area contributed by atoms with Gasteiger partial charge < -0.3 is 9.84 Å². The molecule has 3 rings (SSSR count). The summed E-state index contributed by atoms with van der Waals surface area (Å²) >= 11 is 0. The van der Waals surface area contributed by atoms with Crippen LogP contribution in [-0.4, -0.2) is 34.8 Å². The van der Waals surface area contributed by atoms with Crippen LogP contribution in [0, 0.1) is 5.92 Å². The summed E-state index contributed by atoms with van der Waals surface area (Å²) in [5.41, 5.74) is 0.205. The van der Waals surface area contributed by atoms with Gasteiger partial charge in [0.05, 0.1) is 17.5 Å². The van der Waals surface area contributed by atoms with Crippen molar-refractivity contribution in [1.29, 1.82) is 0 Å². The van der Waals surface area contributed by atoms with Gasteiger partial charge in [0.25, 0.3) is 0 Å². The van der Waals surface area contributed by atoms with Gasteiger partial charge in [-0.2, -0.15) is 13.2 Å². The third-order valence-corrected chi connectivity index (χ3v) is 4.37. The molecule has 24 heavy (non-hydrogen) atoms. The SMILES string of the molecule is O=C1OCN(C(=O)O)[C@H]2CC=C(c3cccc(C(F)(F)F)c3)C[C@H]12. The zero-order chi connectivity index (χ0) is 17.5. The summed E-state index contributed by atoms with van der Waals surface area (Å²) in [5, 5.41) is 9.16. The van der Waals surface area contributed by atoms with Gasteiger partial charge in [-0.3, -0.25) is 9.69 Å². The lowest BCUT2D eigenvalue weighted by Crippen LogP contribution is -2.53. The van der Waals surface area contributed by atoms with E-state index in [0.717, 1.165) is 17.0 Å². The van der Waals surface area contributed by atoms with Crippen LogP contribution in [0.5, 0.6) is 0 Å². The van der Waals surface area contributed by atoms with E-state index >= 15 is 0 Å². The predicted octanol–water partition coefficient (Wildman–Crippen LogP) is 3.36. The lowest BCUT2D eigenvalue weighted by Gasteiger charge is -2.40. The number of alkyl halides is 3. The summed E-state index contributed by atoms with van der Waals surface area (Å²) in [4.78, 5) is 24.2. The fourth-order valence-corrected chi connectivity index (χ4v) is 3.13. The minimum atomic E-state index is -4.45. The molecule has 8 heteroatoms. The maximum absolute atomic E-state index is 12.8. The molecular weight excluding hydrogens is 327 g/mol. The molecule has 1 amide bonds. The van der Waals surface area contributed by atoms with Crippen molar-refractivity contribution in [2.45, 2.75) is 25.1 Å². The van der Waals surface area contributed by atoms with Gasteiger partial charge >= 0.3 is 18.2 Å². The van der Waals surface area contributed by atoms with Crippen molar-refractivity contribution >= 4 is 17.6 Å². The van der Waals surface area contributed by atoms with Crippen molar-refractivity contribution in [1.82, 2.24) is 4.90 Å². The molecule has 0 unspecified atom stereocenters. The maximum Gasteiger partial charge on any atom is 0.416 e. The van der Waals surface area contributed by atoms with Crippen LogP contribution in [0.2, 0.25) is 0 Å². The van der Waals surface area contributed by atoms with E-state index in [-0.39, 0.29) is 19.6 Å². The number of benzene rings is 1. The molecule has 1 N–H and O–H groups in total. The maximum atomic E-state index is 12.8. The number of amides is 1. The van der Waals surface area contributed by atoms with Gasteiger partial charge in [-0.15, -0.1) is 0 Å². The number of hydrogen-bond donors (Lipinski definition) is 1. The molecule has 0 spiro atoms. The van der Waals surface area contributed by atoms with E-state index in [4.69, 9.17) is 9.84 Å². The topological polar surface area (TPSA) is 66.8 Å². The molecule has 1 aliphatic carbocycles. The number of nitrogens with zero attached hydrogens (tertiary/aromatic N) is 1. The molecule has 1 saturated heterocycles. The molecule has 2 atom stereocenters. The fraction of sp³-hybridized carbons (Fsp3) is 0.375. The van der Waals surface area contributed by atoms with E-state index in [0.29, 0.717) is 11.1 Å². The summed E-state index contributed by atoms with van der Waals surface area (Å²) in [5.74, 6) is -1.22. The van der Waals surface area contributed by atoms with Crippen LogP contribution in [-0.2, 0) is 15.7 Å². The second kappa shape index (κ2) is 5.85. The van der Waals surface area contributed by atoms with Gasteiger partial charge in [-0.05, 0) is 36.1 Å². The van der Waals surface area contributed by atoms with E-state index in [2.05, 4.69) is 0 Å². The number of rotatable bonds is 1. The largest absolute Gasteiger partial charge is 0.465 e. The van der Waals surface area contributed by atoms with Crippen LogP contribution in [0.15, 0.2) is 30.3 Å². The number of carboxylic acid groups (broad SMARTS) is 1. The summed E-state index contributed by atoms with van der Waals surface area (Å²) < 4.78 is 43.4. The highest BCUT2D eigenvalue weighted by atomic mass is 19.4. The second-order valence-electron chi connectivity index (χ2n) is 5.77. The number of cyclic esters (lactones) is 1. The first-order valence-corrected chi connectivity index (χ1v) is 7.30. The molecule has 1 aliphatic heterocycles. The summed E-state index contributed by atoms with van der Waals surface area (Å²) in [6, 6.07) is 4.34. The molecule has 0 bridgehead atoms. The zero-order valence-corrected chi connectivity index (χ0v) is 12.4. The molecule has 1 fully saturated rings. The summed E-state index contributed by atoms with van der Waals surface area (Å²) in [7, 11) is 0. The van der Waals surface area contributed by atoms with Crippen molar-refractivity contribution in [2.75, 3.05) is 6.73 Å². The minimum absolute atomic E-state index is 0.147. The Morgan fingerprint density at radius 1 is 1.33 bits per heavy atom. The standard InChI is InChI=1S/C16H14F3NO4/c17-16(18,19)11-3-1-2-9(6-11)10-4-5-13-12(7-10)14(21)24-8-20(13)15(22)23/h1-4,6,12-13H,5,7-8H2,(H,22,23)/t12-,13-/m0/s1. The molecule has 1 heterocycles. The Labute approximate surface area is 135 Å². The van der Waals surface area contributed by atoms with E-state index in [1.165, 1.54) is 6.07 Å². The molecule has 0 saturated carbocycles. The highest BCUT2D eigenvalue weighted by Crippen LogP contribution is 2.38. The number of halogens is 3. The van der Waals surface area contributed by atoms with E-state index in [1.807, 2.05) is 0 Å². The van der Waals surface area contributed by atoms with Gasteiger partial charge in [-0.25, -0.2) is 4.79 Å². The third-order valence-electron chi connectivity index (χ3n) is 4.37. The van der Waals surface area contributed by atoms with Gasteiger partial charge in [0.2, 0.25) is 0 Å². The highest BCUT2D eigenvalue weighted by Gasteiger charge is 2.43. The molecule has 1 aromatic carbocycles. The van der Waals surface area contributed by atoms with Crippen LogP contribution in [0.3, 0.4) is 0 Å². The number of carbonyl (C=O) groups is 2. The van der Waals surface area contributed by atoms with Crippen molar-refractivity contribution in [2.24, 2.45) is 5.92 Å². The Morgan fingerprint density at radius 3 is 2.75 bits per heavy atom. The minimum Gasteiger partial charge on any atom is -0.465 e. The molecule has 128 valence electrons. The third kappa shape index (κ3) is 2.95. The van der Waals surface area contributed by atoms with Gasteiger partial charge in [-0.1, -0.05) is 18.2 Å². The monoisotopic (exact) mass is 341 g/mol. The Balaban J connectivity index is 1.90. The Morgan fingerprint density at radius 2 is 2.08 bits per heavy atom. The second-order valence-corrected chi connectivity index (χ2v) is 5.77. The normalized spacial score (nSPS) is 24.0. The van der Waals surface area contributed by atoms with Crippen molar-refractivity contribution in [3.05, 3.63) is 41.5 Å². The smallest absolute Gasteiger partial charge is 0.416 e. The average molecular weight is 341 g/mol. The fourth-order valence-electron chi connectivity index (χ4n) is 3.13. The number of allylic oxidation sites excluding steroid dienone is 1. The Kier molecular flexibility index (Phi) is 3.98. The first kappa shape index (κ1) is 16.4. The first-order chi connectivity index (χ1) is 11.3. The molecule has 0 radical (unpaired) electrons. The Hall–Kier alpha value is -2.51. The Bertz CT molecular complexity index is 714. The zero-order valence-electron chi connectivity index (χ0n) is 12.4.